The largest absolute Gasteiger partial charge is 0.394 e. The number of methoxy groups -OCH3 is 1. The number of Topliss-reactive ketones (excluding diaryl/α,β-unsaturated/α-hetero) is 1. The zero-order valence-electron chi connectivity index (χ0n) is 33.4. The van der Waals surface area contributed by atoms with Crippen LogP contribution < -0.4 is 0 Å². The zero-order chi connectivity index (χ0) is 41.3. The van der Waals surface area contributed by atoms with Crippen LogP contribution in [0, 0.1) is 34.5 Å². The van der Waals surface area contributed by atoms with Gasteiger partial charge >= 0.3 is 0 Å². The third-order valence-corrected chi connectivity index (χ3v) is 15.1. The van der Waals surface area contributed by atoms with E-state index in [4.69, 9.17) is 33.2 Å². The van der Waals surface area contributed by atoms with Crippen molar-refractivity contribution < 1.29 is 83.9 Å². The molecule has 0 aromatic carbocycles. The lowest BCUT2D eigenvalue weighted by Crippen LogP contribution is -2.62. The Morgan fingerprint density at radius 2 is 1.44 bits per heavy atom. The maximum atomic E-state index is 13.5. The fraction of sp³-hybridized carbons (Fsp3) is 0.925. The predicted octanol–water partition coefficient (Wildman–Crippen LogP) is -1.36. The van der Waals surface area contributed by atoms with Gasteiger partial charge in [0.2, 0.25) is 0 Å². The topological polar surface area (TPSA) is 264 Å². The Bertz CT molecular complexity index is 1450. The molecule has 7 rings (SSSR count). The van der Waals surface area contributed by atoms with Crippen LogP contribution >= 0.6 is 0 Å². The third kappa shape index (κ3) is 7.70. The van der Waals surface area contributed by atoms with E-state index >= 15 is 0 Å². The summed E-state index contributed by atoms with van der Waals surface area (Å²) in [6.07, 6.45) is -13.0. The van der Waals surface area contributed by atoms with E-state index in [-0.39, 0.29) is 29.1 Å². The number of allylic oxidation sites excluding steroid dienone is 1. The summed E-state index contributed by atoms with van der Waals surface area (Å²) < 4.78 is 41.0. The molecule has 0 aromatic rings. The van der Waals surface area contributed by atoms with Gasteiger partial charge in [0.1, 0.15) is 72.9 Å². The molecule has 0 spiro atoms. The summed E-state index contributed by atoms with van der Waals surface area (Å²) in [5, 5.41) is 94.3. The van der Waals surface area contributed by atoms with Gasteiger partial charge in [0.05, 0.1) is 31.5 Å². The number of fused-ring (bicyclic) bond motifs is 5. The second kappa shape index (κ2) is 16.9. The fourth-order valence-corrected chi connectivity index (χ4v) is 11.9. The molecule has 6 fully saturated rings. The lowest BCUT2D eigenvalue weighted by molar-refractivity contribution is -0.336. The normalized spacial score (nSPS) is 54.0. The minimum Gasteiger partial charge on any atom is -0.394 e. The van der Waals surface area contributed by atoms with Gasteiger partial charge in [-0.15, -0.1) is 0 Å². The van der Waals surface area contributed by atoms with Gasteiger partial charge in [-0.25, -0.2) is 0 Å². The molecule has 3 saturated heterocycles. The summed E-state index contributed by atoms with van der Waals surface area (Å²) in [5.41, 5.74) is 0.815. The van der Waals surface area contributed by atoms with Crippen LogP contribution in [0.1, 0.15) is 72.6 Å². The Morgan fingerprint density at radius 1 is 0.789 bits per heavy atom. The standard InChI is InChI=1S/C40H64O17/c1-16(42)26-23(55-37-33(49)31(47)29(45)25(57-37)15-52-36-32(48)30(46)28(44)24(14-41)56-36)13-22-20-7-6-18-12-19(8-10-39(18,3)21(20)9-11-40(22,26)4)54-38-34(50)35(51-5)27(43)17(2)53-38/h6,17,19-38,41,43-50H,7-15H2,1-5H3/t17-,19+,20?,21?,22?,23-,24-,25-,26+,27-,28-,29-,30+,31+,32-,33-,34-,35+,36-,37-,38+,39+,40+/m1/s1. The number of aliphatic hydroxyl groups excluding tert-OH is 9. The minimum atomic E-state index is -1.71. The Labute approximate surface area is 332 Å². The van der Waals surface area contributed by atoms with E-state index < -0.39 is 123 Å². The number of hydrogen-bond donors (Lipinski definition) is 9. The van der Waals surface area contributed by atoms with Gasteiger partial charge in [-0.2, -0.15) is 0 Å². The summed E-state index contributed by atoms with van der Waals surface area (Å²) in [5.74, 6) is 0.128. The van der Waals surface area contributed by atoms with Crippen molar-refractivity contribution in [3.63, 3.8) is 0 Å². The molecular weight excluding hydrogens is 752 g/mol. The van der Waals surface area contributed by atoms with E-state index in [0.29, 0.717) is 18.8 Å². The van der Waals surface area contributed by atoms with Crippen LogP contribution in [0.3, 0.4) is 0 Å². The molecular formula is C40H64O17. The molecule has 4 aliphatic carbocycles. The van der Waals surface area contributed by atoms with E-state index in [1.165, 1.54) is 12.7 Å². The predicted molar refractivity (Wildman–Crippen MR) is 195 cm³/mol. The van der Waals surface area contributed by atoms with Crippen molar-refractivity contribution in [1.82, 2.24) is 0 Å². The smallest absolute Gasteiger partial charge is 0.186 e. The first-order valence-corrected chi connectivity index (χ1v) is 20.6. The van der Waals surface area contributed by atoms with Crippen molar-refractivity contribution in [2.24, 2.45) is 34.5 Å². The number of aliphatic hydroxyl groups is 9. The maximum absolute atomic E-state index is 13.5. The van der Waals surface area contributed by atoms with Crippen LogP contribution in [0.4, 0.5) is 0 Å². The molecule has 17 heteroatoms. The zero-order valence-corrected chi connectivity index (χ0v) is 33.4. The van der Waals surface area contributed by atoms with E-state index in [1.807, 2.05) is 0 Å². The lowest BCUT2D eigenvalue weighted by Gasteiger charge is -2.58. The van der Waals surface area contributed by atoms with Gasteiger partial charge in [-0.1, -0.05) is 25.5 Å². The SMILES string of the molecule is CO[C@@H]1[C@@H](O)[C@H](O[C@H]2CC[C@@]3(C)C(=CCC4C3CC[C@@]3(C)C4C[C@@H](O[C@@H]4O[C@H](CO[C@@H]5O[C@H](CO)[C@@H](O)[C@H](O)[C@H]5O)[C@@H](O)[C@H](O)[C@H]4O)[C@@H]3C(C)=O)C2)O[C@H](C)[C@H]1O. The van der Waals surface area contributed by atoms with E-state index in [9.17, 15) is 50.8 Å². The van der Waals surface area contributed by atoms with Crippen molar-refractivity contribution in [2.75, 3.05) is 20.3 Å². The molecule has 57 heavy (non-hydrogen) atoms. The van der Waals surface area contributed by atoms with Crippen molar-refractivity contribution in [1.29, 1.82) is 0 Å². The second-order valence-corrected chi connectivity index (χ2v) is 18.2. The molecule has 7 aliphatic rings. The van der Waals surface area contributed by atoms with Gasteiger partial charge in [0.15, 0.2) is 18.9 Å². The third-order valence-electron chi connectivity index (χ3n) is 15.1. The monoisotopic (exact) mass is 816 g/mol. The van der Waals surface area contributed by atoms with E-state index in [1.54, 1.807) is 13.8 Å². The Hall–Kier alpha value is -1.23. The number of rotatable bonds is 10. The van der Waals surface area contributed by atoms with Crippen molar-refractivity contribution in [3.8, 4) is 0 Å². The Balaban J connectivity index is 1.03. The quantitative estimate of drug-likeness (QED) is 0.115. The molecule has 0 amide bonds. The van der Waals surface area contributed by atoms with Gasteiger partial charge in [0.25, 0.3) is 0 Å². The van der Waals surface area contributed by atoms with Gasteiger partial charge in [-0.05, 0) is 87.4 Å². The van der Waals surface area contributed by atoms with E-state index in [0.717, 1.165) is 32.1 Å². The molecule has 17 nitrogen and oxygen atoms in total. The summed E-state index contributed by atoms with van der Waals surface area (Å²) >= 11 is 0. The number of ketones is 1. The molecule has 326 valence electrons. The summed E-state index contributed by atoms with van der Waals surface area (Å²) in [6, 6.07) is 0. The number of carbonyl (C=O) groups is 1. The van der Waals surface area contributed by atoms with Gasteiger partial charge < -0.3 is 79.1 Å². The van der Waals surface area contributed by atoms with Gasteiger partial charge in [-0.3, -0.25) is 4.79 Å². The molecule has 9 N–H and O–H groups in total. The first-order valence-electron chi connectivity index (χ1n) is 20.6. The highest BCUT2D eigenvalue weighted by Crippen LogP contribution is 2.67. The van der Waals surface area contributed by atoms with Crippen molar-refractivity contribution in [2.45, 2.75) is 177 Å². The highest BCUT2D eigenvalue weighted by Gasteiger charge is 2.63. The molecule has 3 saturated carbocycles. The molecule has 3 aliphatic heterocycles. The Morgan fingerprint density at radius 3 is 2.11 bits per heavy atom. The van der Waals surface area contributed by atoms with Crippen LogP contribution in [0.25, 0.3) is 0 Å². The summed E-state index contributed by atoms with van der Waals surface area (Å²) in [6.45, 7) is 6.63. The second-order valence-electron chi connectivity index (χ2n) is 18.2. The number of carbonyl (C=O) groups excluding carboxylic acids is 1. The molecule has 0 bridgehead atoms. The fourth-order valence-electron chi connectivity index (χ4n) is 11.9. The number of hydrogen-bond acceptors (Lipinski definition) is 17. The first kappa shape index (κ1) is 43.8. The van der Waals surface area contributed by atoms with Crippen LogP contribution in [0.15, 0.2) is 11.6 Å². The average Bonchev–Trinajstić information content (AvgIpc) is 3.48. The Kier molecular flexibility index (Phi) is 13.0. The van der Waals surface area contributed by atoms with E-state index in [2.05, 4.69) is 19.9 Å². The summed E-state index contributed by atoms with van der Waals surface area (Å²) in [4.78, 5) is 13.5. The number of ether oxygens (including phenoxy) is 7. The minimum absolute atomic E-state index is 0.0441. The maximum Gasteiger partial charge on any atom is 0.186 e. The summed E-state index contributed by atoms with van der Waals surface area (Å²) in [7, 11) is 1.45. The van der Waals surface area contributed by atoms with Crippen LogP contribution in [0.5, 0.6) is 0 Å². The van der Waals surface area contributed by atoms with Crippen molar-refractivity contribution in [3.05, 3.63) is 11.6 Å². The molecule has 3 unspecified atom stereocenters. The van der Waals surface area contributed by atoms with Crippen molar-refractivity contribution >= 4 is 5.78 Å². The average molecular weight is 817 g/mol. The first-order chi connectivity index (χ1) is 26.9. The molecule has 3 heterocycles. The molecule has 0 aromatic heterocycles. The highest BCUT2D eigenvalue weighted by atomic mass is 16.7. The highest BCUT2D eigenvalue weighted by molar-refractivity contribution is 5.80. The lowest BCUT2D eigenvalue weighted by atomic mass is 9.47. The van der Waals surface area contributed by atoms with Crippen LogP contribution in [-0.2, 0) is 38.0 Å². The van der Waals surface area contributed by atoms with Crippen LogP contribution in [-0.4, -0.2) is 176 Å². The molecule has 0 radical (unpaired) electrons. The van der Waals surface area contributed by atoms with Gasteiger partial charge in [0, 0.05) is 13.0 Å². The van der Waals surface area contributed by atoms with Crippen LogP contribution in [0.2, 0.25) is 0 Å². The molecule has 23 atom stereocenters.